The van der Waals surface area contributed by atoms with Crippen LogP contribution in [0.15, 0.2) is 46.9 Å². The van der Waals surface area contributed by atoms with Gasteiger partial charge < -0.3 is 19.8 Å². The van der Waals surface area contributed by atoms with E-state index >= 15 is 0 Å². The molecule has 0 saturated heterocycles. The van der Waals surface area contributed by atoms with Crippen molar-refractivity contribution in [2.75, 3.05) is 12.4 Å². The lowest BCUT2D eigenvalue weighted by atomic mass is 10.1. The first-order valence-corrected chi connectivity index (χ1v) is 9.21. The standard InChI is InChI=1S/C21H23N3O3/c1-13(10-14-4-3-5-17(11-14)26-2)22-21(25)23-16-8-9-19-18(12-16)24-20(27-19)15-6-7-15/h3-5,8-9,11-13,15H,6-7,10H2,1-2H3,(H2,22,23,25). The van der Waals surface area contributed by atoms with Crippen molar-refractivity contribution in [3.8, 4) is 5.75 Å². The predicted molar refractivity (Wildman–Crippen MR) is 104 cm³/mol. The van der Waals surface area contributed by atoms with E-state index in [2.05, 4.69) is 15.6 Å². The number of urea groups is 1. The summed E-state index contributed by atoms with van der Waals surface area (Å²) in [5.74, 6) is 2.09. The van der Waals surface area contributed by atoms with E-state index in [4.69, 9.17) is 9.15 Å². The molecule has 0 radical (unpaired) electrons. The highest BCUT2D eigenvalue weighted by molar-refractivity contribution is 5.91. The van der Waals surface area contributed by atoms with Crippen LogP contribution in [0.25, 0.3) is 11.1 Å². The number of hydrogen-bond acceptors (Lipinski definition) is 4. The minimum absolute atomic E-state index is 0.0191. The van der Waals surface area contributed by atoms with Crippen LogP contribution in [0.4, 0.5) is 10.5 Å². The Morgan fingerprint density at radius 2 is 2.15 bits per heavy atom. The molecule has 0 bridgehead atoms. The van der Waals surface area contributed by atoms with Gasteiger partial charge in [-0.1, -0.05) is 12.1 Å². The number of nitrogens with one attached hydrogen (secondary N) is 2. The van der Waals surface area contributed by atoms with Crippen molar-refractivity contribution in [3.05, 3.63) is 53.9 Å². The first-order valence-electron chi connectivity index (χ1n) is 9.21. The molecule has 2 amide bonds. The number of anilines is 1. The van der Waals surface area contributed by atoms with Gasteiger partial charge in [-0.05, 0) is 62.1 Å². The number of carbonyl (C=O) groups excluding carboxylic acids is 1. The monoisotopic (exact) mass is 365 g/mol. The quantitative estimate of drug-likeness (QED) is 0.676. The van der Waals surface area contributed by atoms with Crippen LogP contribution in [0, 0.1) is 0 Å². The van der Waals surface area contributed by atoms with Crippen molar-refractivity contribution in [1.82, 2.24) is 10.3 Å². The molecule has 6 nitrogen and oxygen atoms in total. The molecule has 140 valence electrons. The van der Waals surface area contributed by atoms with Gasteiger partial charge in [0.05, 0.1) is 7.11 Å². The van der Waals surface area contributed by atoms with Crippen molar-refractivity contribution in [2.24, 2.45) is 0 Å². The number of amides is 2. The number of oxazole rings is 1. The van der Waals surface area contributed by atoms with Crippen molar-refractivity contribution in [3.63, 3.8) is 0 Å². The summed E-state index contributed by atoms with van der Waals surface area (Å²) in [6.45, 7) is 1.97. The predicted octanol–water partition coefficient (Wildman–Crippen LogP) is 4.47. The third-order valence-corrected chi connectivity index (χ3v) is 4.64. The summed E-state index contributed by atoms with van der Waals surface area (Å²) in [6.07, 6.45) is 3.01. The normalized spacial score (nSPS) is 14.7. The van der Waals surface area contributed by atoms with Crippen LogP contribution in [-0.2, 0) is 6.42 Å². The molecule has 6 heteroatoms. The third kappa shape index (κ3) is 4.22. The molecule has 1 heterocycles. The fraction of sp³-hybridized carbons (Fsp3) is 0.333. The van der Waals surface area contributed by atoms with Crippen molar-refractivity contribution < 1.29 is 13.9 Å². The lowest BCUT2D eigenvalue weighted by molar-refractivity contribution is 0.249. The van der Waals surface area contributed by atoms with E-state index in [9.17, 15) is 4.79 Å². The van der Waals surface area contributed by atoms with E-state index in [0.717, 1.165) is 47.6 Å². The highest BCUT2D eigenvalue weighted by atomic mass is 16.5. The van der Waals surface area contributed by atoms with Gasteiger partial charge in [0.15, 0.2) is 11.5 Å². The number of ether oxygens (including phenoxy) is 1. The van der Waals surface area contributed by atoms with Crippen LogP contribution >= 0.6 is 0 Å². The zero-order valence-corrected chi connectivity index (χ0v) is 15.5. The molecule has 1 aliphatic carbocycles. The molecule has 3 aromatic rings. The summed E-state index contributed by atoms with van der Waals surface area (Å²) >= 11 is 0. The lowest BCUT2D eigenvalue weighted by Crippen LogP contribution is -2.37. The van der Waals surface area contributed by atoms with E-state index in [0.29, 0.717) is 11.6 Å². The van der Waals surface area contributed by atoms with E-state index in [-0.39, 0.29) is 12.1 Å². The van der Waals surface area contributed by atoms with Crippen LogP contribution in [0.2, 0.25) is 0 Å². The van der Waals surface area contributed by atoms with Crippen LogP contribution in [-0.4, -0.2) is 24.2 Å². The number of benzene rings is 2. The Balaban J connectivity index is 1.36. The molecule has 1 aliphatic rings. The first-order chi connectivity index (χ1) is 13.1. The van der Waals surface area contributed by atoms with Gasteiger partial charge >= 0.3 is 6.03 Å². The van der Waals surface area contributed by atoms with Crippen molar-refractivity contribution in [2.45, 2.75) is 38.1 Å². The Kier molecular flexibility index (Phi) is 4.71. The van der Waals surface area contributed by atoms with Crippen LogP contribution < -0.4 is 15.4 Å². The Hall–Kier alpha value is -3.02. The van der Waals surface area contributed by atoms with Gasteiger partial charge in [-0.25, -0.2) is 9.78 Å². The minimum atomic E-state index is -0.240. The molecular weight excluding hydrogens is 342 g/mol. The average Bonchev–Trinajstić information content (AvgIpc) is 3.41. The van der Waals surface area contributed by atoms with E-state index < -0.39 is 0 Å². The summed E-state index contributed by atoms with van der Waals surface area (Å²) in [6, 6.07) is 13.1. The van der Waals surface area contributed by atoms with Gasteiger partial charge in [0.1, 0.15) is 11.3 Å². The summed E-state index contributed by atoms with van der Waals surface area (Å²) in [4.78, 5) is 16.8. The number of carbonyl (C=O) groups is 1. The van der Waals surface area contributed by atoms with E-state index in [1.807, 2.05) is 49.4 Å². The van der Waals surface area contributed by atoms with Gasteiger partial charge in [0, 0.05) is 17.6 Å². The Bertz CT molecular complexity index is 962. The Morgan fingerprint density at radius 1 is 1.30 bits per heavy atom. The molecule has 1 saturated carbocycles. The fourth-order valence-corrected chi connectivity index (χ4v) is 3.12. The van der Waals surface area contributed by atoms with Gasteiger partial charge in [0.25, 0.3) is 0 Å². The van der Waals surface area contributed by atoms with E-state index in [1.165, 1.54) is 0 Å². The molecule has 27 heavy (non-hydrogen) atoms. The Morgan fingerprint density at radius 3 is 2.93 bits per heavy atom. The van der Waals surface area contributed by atoms with Crippen LogP contribution in [0.5, 0.6) is 5.75 Å². The Labute approximate surface area is 157 Å². The number of hydrogen-bond donors (Lipinski definition) is 2. The van der Waals surface area contributed by atoms with Crippen LogP contribution in [0.3, 0.4) is 0 Å². The summed E-state index contributed by atoms with van der Waals surface area (Å²) in [5.41, 5.74) is 3.34. The molecule has 0 aliphatic heterocycles. The van der Waals surface area contributed by atoms with Crippen LogP contribution in [0.1, 0.15) is 37.1 Å². The topological polar surface area (TPSA) is 76.4 Å². The number of methoxy groups -OCH3 is 1. The largest absolute Gasteiger partial charge is 0.497 e. The third-order valence-electron chi connectivity index (χ3n) is 4.64. The van der Waals surface area contributed by atoms with Crippen molar-refractivity contribution >= 4 is 22.8 Å². The number of fused-ring (bicyclic) bond motifs is 1. The molecule has 1 atom stereocenters. The average molecular weight is 365 g/mol. The highest BCUT2D eigenvalue weighted by Gasteiger charge is 2.28. The van der Waals surface area contributed by atoms with E-state index in [1.54, 1.807) is 7.11 Å². The number of nitrogens with zero attached hydrogens (tertiary/aromatic N) is 1. The highest BCUT2D eigenvalue weighted by Crippen LogP contribution is 2.40. The fourth-order valence-electron chi connectivity index (χ4n) is 3.12. The number of aromatic nitrogens is 1. The molecule has 0 spiro atoms. The van der Waals surface area contributed by atoms with Crippen molar-refractivity contribution in [1.29, 1.82) is 0 Å². The number of rotatable bonds is 6. The lowest BCUT2D eigenvalue weighted by Gasteiger charge is -2.15. The van der Waals surface area contributed by atoms with Gasteiger partial charge in [-0.15, -0.1) is 0 Å². The van der Waals surface area contributed by atoms with Gasteiger partial charge in [-0.3, -0.25) is 0 Å². The maximum Gasteiger partial charge on any atom is 0.319 e. The minimum Gasteiger partial charge on any atom is -0.497 e. The summed E-state index contributed by atoms with van der Waals surface area (Å²) in [7, 11) is 1.65. The smallest absolute Gasteiger partial charge is 0.319 e. The summed E-state index contributed by atoms with van der Waals surface area (Å²) in [5, 5.41) is 5.83. The molecule has 4 rings (SSSR count). The first kappa shape index (κ1) is 17.4. The molecule has 1 aromatic heterocycles. The molecule has 2 aromatic carbocycles. The maximum atomic E-state index is 12.3. The molecular formula is C21H23N3O3. The molecule has 1 unspecified atom stereocenters. The zero-order chi connectivity index (χ0) is 18.8. The SMILES string of the molecule is COc1cccc(CC(C)NC(=O)Nc2ccc3oc(C4CC4)nc3c2)c1. The van der Waals surface area contributed by atoms with Gasteiger partial charge in [0.2, 0.25) is 0 Å². The van der Waals surface area contributed by atoms with Gasteiger partial charge in [-0.2, -0.15) is 0 Å². The molecule has 1 fully saturated rings. The second-order valence-corrected chi connectivity index (χ2v) is 7.06. The summed E-state index contributed by atoms with van der Waals surface area (Å²) < 4.78 is 11.0. The second-order valence-electron chi connectivity index (χ2n) is 7.06. The zero-order valence-electron chi connectivity index (χ0n) is 15.5. The molecule has 2 N–H and O–H groups in total. The maximum absolute atomic E-state index is 12.3. The second kappa shape index (κ2) is 7.31.